The fourth-order valence-corrected chi connectivity index (χ4v) is 4.51. The Morgan fingerprint density at radius 2 is 2.06 bits per heavy atom. The van der Waals surface area contributed by atoms with Gasteiger partial charge in [0.2, 0.25) is 0 Å². The number of H-pyrrole nitrogens is 1. The molecule has 8 nitrogen and oxygen atoms in total. The van der Waals surface area contributed by atoms with Crippen molar-refractivity contribution in [1.29, 1.82) is 0 Å². The highest BCUT2D eigenvalue weighted by atomic mass is 19.4. The standard InChI is InChI=1S/C23H25F3N4O4/c1-2-33-20(31)11-14-6-5-8-16(10-14)30-21-17(13-27-30)22(32)29-19(28-21)12-15-7-3-4-9-18(15)34-23(24,25)26/h3-4,7,9,13-14,16H,2,5-6,8,10-12H2,1H3,(H,28,29,32). The van der Waals surface area contributed by atoms with E-state index in [1.807, 2.05) is 0 Å². The SMILES string of the molecule is CCOC(=O)CC1CCCC(n2ncc3c(=O)[nH]c(Cc4ccccc4OC(F)(F)F)nc32)C1. The maximum absolute atomic E-state index is 12.8. The summed E-state index contributed by atoms with van der Waals surface area (Å²) in [7, 11) is 0. The van der Waals surface area contributed by atoms with Gasteiger partial charge in [0.1, 0.15) is 17.0 Å². The second kappa shape index (κ2) is 9.86. The number of carbonyl (C=O) groups excluding carboxylic acids is 1. The number of hydrogen-bond acceptors (Lipinski definition) is 6. The van der Waals surface area contributed by atoms with Gasteiger partial charge in [-0.1, -0.05) is 24.6 Å². The normalized spacial score (nSPS) is 18.7. The summed E-state index contributed by atoms with van der Waals surface area (Å²) >= 11 is 0. The lowest BCUT2D eigenvalue weighted by molar-refractivity contribution is -0.274. The van der Waals surface area contributed by atoms with Crippen LogP contribution >= 0.6 is 0 Å². The second-order valence-corrected chi connectivity index (χ2v) is 8.37. The Morgan fingerprint density at radius 1 is 1.26 bits per heavy atom. The number of ether oxygens (including phenoxy) is 2. The third-order valence-electron chi connectivity index (χ3n) is 5.93. The Morgan fingerprint density at radius 3 is 2.82 bits per heavy atom. The first-order valence-corrected chi connectivity index (χ1v) is 11.2. The number of aromatic nitrogens is 4. The zero-order valence-corrected chi connectivity index (χ0v) is 18.6. The average Bonchev–Trinajstić information content (AvgIpc) is 3.19. The van der Waals surface area contributed by atoms with E-state index in [9.17, 15) is 22.8 Å². The third-order valence-corrected chi connectivity index (χ3v) is 5.93. The van der Waals surface area contributed by atoms with Crippen LogP contribution in [0.5, 0.6) is 5.75 Å². The van der Waals surface area contributed by atoms with Gasteiger partial charge in [-0.15, -0.1) is 13.2 Å². The number of esters is 1. The largest absolute Gasteiger partial charge is 0.573 e. The van der Waals surface area contributed by atoms with E-state index >= 15 is 0 Å². The van der Waals surface area contributed by atoms with E-state index in [-0.39, 0.29) is 41.5 Å². The molecule has 2 unspecified atom stereocenters. The van der Waals surface area contributed by atoms with Gasteiger partial charge in [-0.25, -0.2) is 9.67 Å². The number of nitrogens with zero attached hydrogens (tertiary/aromatic N) is 3. The summed E-state index contributed by atoms with van der Waals surface area (Å²) < 4.78 is 49.2. The summed E-state index contributed by atoms with van der Waals surface area (Å²) in [6, 6.07) is 5.69. The van der Waals surface area contributed by atoms with Crippen molar-refractivity contribution >= 4 is 17.0 Å². The molecule has 0 radical (unpaired) electrons. The minimum absolute atomic E-state index is 0.0475. The Labute approximate surface area is 193 Å². The van der Waals surface area contributed by atoms with Gasteiger partial charge in [-0.3, -0.25) is 9.59 Å². The van der Waals surface area contributed by atoms with Gasteiger partial charge in [0, 0.05) is 18.4 Å². The molecule has 1 aliphatic rings. The van der Waals surface area contributed by atoms with Crippen LogP contribution in [0.3, 0.4) is 0 Å². The Balaban J connectivity index is 1.60. The number of carbonyl (C=O) groups is 1. The number of hydrogen-bond donors (Lipinski definition) is 1. The number of benzene rings is 1. The molecule has 1 N–H and O–H groups in total. The molecule has 1 saturated carbocycles. The van der Waals surface area contributed by atoms with Crippen LogP contribution in [0.15, 0.2) is 35.3 Å². The Hall–Kier alpha value is -3.37. The van der Waals surface area contributed by atoms with E-state index in [1.54, 1.807) is 17.7 Å². The van der Waals surface area contributed by atoms with Crippen molar-refractivity contribution in [1.82, 2.24) is 19.7 Å². The van der Waals surface area contributed by atoms with Gasteiger partial charge in [-0.2, -0.15) is 5.10 Å². The fraction of sp³-hybridized carbons (Fsp3) is 0.478. The summed E-state index contributed by atoms with van der Waals surface area (Å²) in [5, 5.41) is 4.69. The minimum atomic E-state index is -4.83. The van der Waals surface area contributed by atoms with Crippen LogP contribution in [0.2, 0.25) is 0 Å². The minimum Gasteiger partial charge on any atom is -0.466 e. The molecule has 11 heteroatoms. The maximum Gasteiger partial charge on any atom is 0.573 e. The number of alkyl halides is 3. The highest BCUT2D eigenvalue weighted by Gasteiger charge is 2.32. The van der Waals surface area contributed by atoms with Crippen LogP contribution in [0, 0.1) is 5.92 Å². The average molecular weight is 478 g/mol. The lowest BCUT2D eigenvalue weighted by atomic mass is 9.84. The van der Waals surface area contributed by atoms with Gasteiger partial charge in [0.15, 0.2) is 5.65 Å². The zero-order chi connectivity index (χ0) is 24.3. The zero-order valence-electron chi connectivity index (χ0n) is 18.6. The van der Waals surface area contributed by atoms with Crippen molar-refractivity contribution in [3.05, 3.63) is 52.2 Å². The first kappa shape index (κ1) is 23.8. The summed E-state index contributed by atoms with van der Waals surface area (Å²) in [5.41, 5.74) is 0.190. The third kappa shape index (κ3) is 5.57. The molecule has 2 heterocycles. The molecule has 1 aromatic carbocycles. The van der Waals surface area contributed by atoms with Crippen molar-refractivity contribution in [2.24, 2.45) is 5.92 Å². The highest BCUT2D eigenvalue weighted by Crippen LogP contribution is 2.35. The number of rotatable bonds is 7. The predicted octanol–water partition coefficient (Wildman–Crippen LogP) is 4.29. The number of nitrogens with one attached hydrogen (secondary N) is 1. The molecule has 3 aromatic rings. The molecule has 2 atom stereocenters. The molecular formula is C23H25F3N4O4. The van der Waals surface area contributed by atoms with Gasteiger partial charge in [-0.05, 0) is 38.2 Å². The Bertz CT molecular complexity index is 1220. The monoisotopic (exact) mass is 478 g/mol. The van der Waals surface area contributed by atoms with Crippen LogP contribution in [-0.2, 0) is 16.0 Å². The topological polar surface area (TPSA) is 99.1 Å². The molecule has 2 aromatic heterocycles. The highest BCUT2D eigenvalue weighted by molar-refractivity contribution is 5.73. The van der Waals surface area contributed by atoms with Crippen LogP contribution in [-0.4, -0.2) is 38.7 Å². The van der Waals surface area contributed by atoms with E-state index in [4.69, 9.17) is 4.74 Å². The number of fused-ring (bicyclic) bond motifs is 1. The van der Waals surface area contributed by atoms with E-state index in [0.717, 1.165) is 19.3 Å². The number of aromatic amines is 1. The summed E-state index contributed by atoms with van der Waals surface area (Å²) in [5.74, 6) is -0.225. The molecule has 1 fully saturated rings. The van der Waals surface area contributed by atoms with Gasteiger partial charge in [0.25, 0.3) is 5.56 Å². The molecule has 1 aliphatic carbocycles. The van der Waals surface area contributed by atoms with Crippen molar-refractivity contribution in [2.45, 2.75) is 57.9 Å². The smallest absolute Gasteiger partial charge is 0.466 e. The van der Waals surface area contributed by atoms with Crippen LogP contribution < -0.4 is 10.3 Å². The molecule has 4 rings (SSSR count). The van der Waals surface area contributed by atoms with Crippen LogP contribution in [0.25, 0.3) is 11.0 Å². The molecule has 0 bridgehead atoms. The van der Waals surface area contributed by atoms with Crippen LogP contribution in [0.4, 0.5) is 13.2 Å². The molecule has 34 heavy (non-hydrogen) atoms. The van der Waals surface area contributed by atoms with Gasteiger partial charge in [0.05, 0.1) is 18.8 Å². The van der Waals surface area contributed by atoms with Crippen LogP contribution in [0.1, 0.15) is 56.5 Å². The van der Waals surface area contributed by atoms with Crippen molar-refractivity contribution in [3.8, 4) is 5.75 Å². The summed E-state index contributed by atoms with van der Waals surface area (Å²) in [6.07, 6.45) is 0.209. The van der Waals surface area contributed by atoms with Crippen molar-refractivity contribution in [3.63, 3.8) is 0 Å². The van der Waals surface area contributed by atoms with Crippen molar-refractivity contribution in [2.75, 3.05) is 6.61 Å². The van der Waals surface area contributed by atoms with Gasteiger partial charge >= 0.3 is 12.3 Å². The Kier molecular flexibility index (Phi) is 6.90. The fourth-order valence-electron chi connectivity index (χ4n) is 4.51. The molecule has 0 aliphatic heterocycles. The summed E-state index contributed by atoms with van der Waals surface area (Å²) in [6.45, 7) is 2.11. The molecular weight excluding hydrogens is 453 g/mol. The maximum atomic E-state index is 12.8. The first-order chi connectivity index (χ1) is 16.2. The molecule has 0 amide bonds. The summed E-state index contributed by atoms with van der Waals surface area (Å²) in [4.78, 5) is 31.7. The van der Waals surface area contributed by atoms with E-state index < -0.39 is 11.9 Å². The van der Waals surface area contributed by atoms with Crippen molar-refractivity contribution < 1.29 is 27.4 Å². The molecule has 0 saturated heterocycles. The number of para-hydroxylation sites is 1. The van der Waals surface area contributed by atoms with E-state index in [2.05, 4.69) is 19.8 Å². The lowest BCUT2D eigenvalue weighted by Crippen LogP contribution is -2.23. The lowest BCUT2D eigenvalue weighted by Gasteiger charge is -2.29. The van der Waals surface area contributed by atoms with Gasteiger partial charge < -0.3 is 14.5 Å². The molecule has 182 valence electrons. The van der Waals surface area contributed by atoms with E-state index in [0.29, 0.717) is 30.5 Å². The molecule has 0 spiro atoms. The first-order valence-electron chi connectivity index (χ1n) is 11.2. The quantitative estimate of drug-likeness (QED) is 0.509. The number of halogens is 3. The van der Waals surface area contributed by atoms with E-state index in [1.165, 1.54) is 24.4 Å². The predicted molar refractivity (Wildman–Crippen MR) is 116 cm³/mol. The second-order valence-electron chi connectivity index (χ2n) is 8.37.